The monoisotopic (exact) mass is 264 g/mol. The van der Waals surface area contributed by atoms with Gasteiger partial charge in [0, 0.05) is 12.0 Å². The van der Waals surface area contributed by atoms with Gasteiger partial charge in [0.2, 0.25) is 0 Å². The molecule has 96 valence electrons. The molecule has 0 aliphatic carbocycles. The zero-order valence-electron chi connectivity index (χ0n) is 10.7. The molecule has 2 nitrogen and oxygen atoms in total. The number of ether oxygens (including phenoxy) is 1. The number of alkyl halides is 1. The van der Waals surface area contributed by atoms with E-state index >= 15 is 0 Å². The van der Waals surface area contributed by atoms with Crippen molar-refractivity contribution in [3.8, 4) is 5.75 Å². The highest BCUT2D eigenvalue weighted by Gasteiger charge is 2.16. The molecule has 1 heterocycles. The standard InChI is InChI=1S/C15H17ClO2/c1-3-14-13(9-10-18-14)15(16)11-5-7-12(8-6-11)17-4-2/h5-10,15H,3-4H2,1-2H3. The molecule has 3 heteroatoms. The minimum atomic E-state index is -0.172. The molecule has 2 aromatic rings. The average molecular weight is 265 g/mol. The van der Waals surface area contributed by atoms with E-state index in [2.05, 4.69) is 6.92 Å². The number of aryl methyl sites for hydroxylation is 1. The van der Waals surface area contributed by atoms with Crippen molar-refractivity contribution < 1.29 is 9.15 Å². The van der Waals surface area contributed by atoms with Crippen LogP contribution in [0.4, 0.5) is 0 Å². The summed E-state index contributed by atoms with van der Waals surface area (Å²) in [7, 11) is 0. The first-order valence-electron chi connectivity index (χ1n) is 6.19. The molecule has 1 aromatic carbocycles. The van der Waals surface area contributed by atoms with Crippen LogP contribution in [-0.4, -0.2) is 6.61 Å². The quantitative estimate of drug-likeness (QED) is 0.738. The predicted molar refractivity (Wildman–Crippen MR) is 73.4 cm³/mol. The number of hydrogen-bond acceptors (Lipinski definition) is 2. The van der Waals surface area contributed by atoms with Crippen LogP contribution < -0.4 is 4.74 Å². The molecule has 0 saturated carbocycles. The van der Waals surface area contributed by atoms with Gasteiger partial charge in [-0.05, 0) is 30.7 Å². The van der Waals surface area contributed by atoms with Gasteiger partial charge >= 0.3 is 0 Å². The lowest BCUT2D eigenvalue weighted by molar-refractivity contribution is 0.340. The third-order valence-electron chi connectivity index (χ3n) is 2.86. The van der Waals surface area contributed by atoms with Gasteiger partial charge in [-0.25, -0.2) is 0 Å². The third kappa shape index (κ3) is 2.70. The number of hydrogen-bond donors (Lipinski definition) is 0. The van der Waals surface area contributed by atoms with Crippen molar-refractivity contribution in [3.05, 3.63) is 53.5 Å². The van der Waals surface area contributed by atoms with E-state index in [0.717, 1.165) is 29.1 Å². The van der Waals surface area contributed by atoms with Crippen molar-refractivity contribution in [3.63, 3.8) is 0 Å². The van der Waals surface area contributed by atoms with E-state index in [1.165, 1.54) is 0 Å². The Morgan fingerprint density at radius 3 is 2.50 bits per heavy atom. The minimum absolute atomic E-state index is 0.172. The van der Waals surface area contributed by atoms with Gasteiger partial charge < -0.3 is 9.15 Å². The molecule has 0 aliphatic rings. The molecule has 0 spiro atoms. The first kappa shape index (κ1) is 13.0. The molecule has 0 bridgehead atoms. The molecule has 1 unspecified atom stereocenters. The molecule has 0 saturated heterocycles. The van der Waals surface area contributed by atoms with E-state index in [1.54, 1.807) is 6.26 Å². The summed E-state index contributed by atoms with van der Waals surface area (Å²) in [6.07, 6.45) is 2.54. The number of halogens is 1. The summed E-state index contributed by atoms with van der Waals surface area (Å²) in [5, 5.41) is -0.172. The van der Waals surface area contributed by atoms with Gasteiger partial charge in [-0.15, -0.1) is 11.6 Å². The Morgan fingerprint density at radius 1 is 1.17 bits per heavy atom. The Kier molecular flexibility index (Phi) is 4.32. The zero-order valence-corrected chi connectivity index (χ0v) is 11.4. The summed E-state index contributed by atoms with van der Waals surface area (Å²) in [5.41, 5.74) is 2.10. The fraction of sp³-hybridized carbons (Fsp3) is 0.333. The van der Waals surface area contributed by atoms with Crippen molar-refractivity contribution in [1.82, 2.24) is 0 Å². The fourth-order valence-corrected chi connectivity index (χ4v) is 2.28. The smallest absolute Gasteiger partial charge is 0.119 e. The van der Waals surface area contributed by atoms with Crippen LogP contribution in [0.25, 0.3) is 0 Å². The van der Waals surface area contributed by atoms with E-state index < -0.39 is 0 Å². The van der Waals surface area contributed by atoms with Gasteiger partial charge in [-0.2, -0.15) is 0 Å². The molecule has 0 amide bonds. The maximum Gasteiger partial charge on any atom is 0.119 e. The summed E-state index contributed by atoms with van der Waals surface area (Å²) in [4.78, 5) is 0. The van der Waals surface area contributed by atoms with Crippen molar-refractivity contribution in [2.75, 3.05) is 6.61 Å². The summed E-state index contributed by atoms with van der Waals surface area (Å²) < 4.78 is 10.8. The molecule has 0 N–H and O–H groups in total. The van der Waals surface area contributed by atoms with E-state index in [9.17, 15) is 0 Å². The van der Waals surface area contributed by atoms with Crippen LogP contribution in [0.2, 0.25) is 0 Å². The Balaban J connectivity index is 2.20. The Morgan fingerprint density at radius 2 is 1.89 bits per heavy atom. The first-order valence-corrected chi connectivity index (χ1v) is 6.63. The van der Waals surface area contributed by atoms with Gasteiger partial charge in [0.05, 0.1) is 18.2 Å². The van der Waals surface area contributed by atoms with E-state index in [1.807, 2.05) is 37.3 Å². The second kappa shape index (κ2) is 5.96. The normalized spacial score (nSPS) is 12.4. The molecular formula is C15H17ClO2. The number of benzene rings is 1. The van der Waals surface area contributed by atoms with Crippen LogP contribution in [0.3, 0.4) is 0 Å². The lowest BCUT2D eigenvalue weighted by atomic mass is 10.0. The van der Waals surface area contributed by atoms with Crippen molar-refractivity contribution in [2.45, 2.75) is 25.6 Å². The first-order chi connectivity index (χ1) is 8.76. The van der Waals surface area contributed by atoms with Crippen LogP contribution in [0.15, 0.2) is 41.0 Å². The second-order valence-corrected chi connectivity index (χ2v) is 4.45. The Labute approximate surface area is 113 Å². The van der Waals surface area contributed by atoms with E-state index in [0.29, 0.717) is 6.61 Å². The van der Waals surface area contributed by atoms with Crippen molar-refractivity contribution in [1.29, 1.82) is 0 Å². The van der Waals surface area contributed by atoms with Gasteiger partial charge in [0.25, 0.3) is 0 Å². The van der Waals surface area contributed by atoms with E-state index in [4.69, 9.17) is 20.8 Å². The lowest BCUT2D eigenvalue weighted by Crippen LogP contribution is -1.96. The molecule has 1 atom stereocenters. The highest BCUT2D eigenvalue weighted by atomic mass is 35.5. The molecule has 18 heavy (non-hydrogen) atoms. The Hall–Kier alpha value is -1.41. The van der Waals surface area contributed by atoms with E-state index in [-0.39, 0.29) is 5.38 Å². The maximum atomic E-state index is 6.49. The topological polar surface area (TPSA) is 22.4 Å². The van der Waals surface area contributed by atoms with Crippen LogP contribution in [0.1, 0.15) is 36.1 Å². The van der Waals surface area contributed by atoms with Gasteiger partial charge in [0.15, 0.2) is 0 Å². The lowest BCUT2D eigenvalue weighted by Gasteiger charge is -2.10. The minimum Gasteiger partial charge on any atom is -0.494 e. The number of rotatable bonds is 5. The molecule has 2 rings (SSSR count). The molecular weight excluding hydrogens is 248 g/mol. The average Bonchev–Trinajstić information content (AvgIpc) is 2.87. The van der Waals surface area contributed by atoms with Crippen LogP contribution in [-0.2, 0) is 6.42 Å². The van der Waals surface area contributed by atoms with Crippen molar-refractivity contribution in [2.24, 2.45) is 0 Å². The molecule has 1 aromatic heterocycles. The highest BCUT2D eigenvalue weighted by molar-refractivity contribution is 6.22. The predicted octanol–water partition coefficient (Wildman–Crippen LogP) is 4.57. The molecule has 0 radical (unpaired) electrons. The summed E-state index contributed by atoms with van der Waals surface area (Å²) in [6.45, 7) is 4.70. The fourth-order valence-electron chi connectivity index (χ4n) is 1.94. The molecule has 0 aliphatic heterocycles. The zero-order chi connectivity index (χ0) is 13.0. The third-order valence-corrected chi connectivity index (χ3v) is 3.34. The SMILES string of the molecule is CCOc1ccc(C(Cl)c2ccoc2CC)cc1. The van der Waals surface area contributed by atoms with Gasteiger partial charge in [-0.3, -0.25) is 0 Å². The van der Waals surface area contributed by atoms with Gasteiger partial charge in [-0.1, -0.05) is 19.1 Å². The molecule has 0 fully saturated rings. The highest BCUT2D eigenvalue weighted by Crippen LogP contribution is 2.32. The van der Waals surface area contributed by atoms with Crippen LogP contribution >= 0.6 is 11.6 Å². The largest absolute Gasteiger partial charge is 0.494 e. The summed E-state index contributed by atoms with van der Waals surface area (Å²) >= 11 is 6.49. The Bertz CT molecular complexity index is 487. The van der Waals surface area contributed by atoms with Crippen LogP contribution in [0.5, 0.6) is 5.75 Å². The number of furan rings is 1. The van der Waals surface area contributed by atoms with Gasteiger partial charge in [0.1, 0.15) is 11.5 Å². The second-order valence-electron chi connectivity index (χ2n) is 4.02. The van der Waals surface area contributed by atoms with Crippen LogP contribution in [0, 0.1) is 0 Å². The summed E-state index contributed by atoms with van der Waals surface area (Å²) in [5.74, 6) is 1.82. The van der Waals surface area contributed by atoms with Crippen molar-refractivity contribution >= 4 is 11.6 Å². The summed E-state index contributed by atoms with van der Waals surface area (Å²) in [6, 6.07) is 9.82. The maximum absolute atomic E-state index is 6.49.